The Balaban J connectivity index is 1.34. The summed E-state index contributed by atoms with van der Waals surface area (Å²) >= 11 is 0. The summed E-state index contributed by atoms with van der Waals surface area (Å²) in [4.78, 5) is 44.2. The van der Waals surface area contributed by atoms with Crippen LogP contribution in [0.3, 0.4) is 0 Å². The average Bonchev–Trinajstić information content (AvgIpc) is 3.03. The molecule has 0 radical (unpaired) electrons. The first-order valence-electron chi connectivity index (χ1n) is 11.7. The summed E-state index contributed by atoms with van der Waals surface area (Å²) < 4.78 is 0. The highest BCUT2D eigenvalue weighted by molar-refractivity contribution is 6.07. The standard InChI is InChI=1S/C24H34N4O3/c1-2-7-21(29)27-14-6-10-20(18-27)28-22(30)24(25-23(28)31)12-16-26(17-13-24)15-11-19-8-4-3-5-9-19/h3-5,8-9,20H,2,6-7,10-18H2,1H3,(H,25,31)/t20-/m0/s1. The van der Waals surface area contributed by atoms with Gasteiger partial charge in [0.15, 0.2) is 0 Å². The maximum Gasteiger partial charge on any atom is 0.325 e. The zero-order valence-electron chi connectivity index (χ0n) is 18.5. The van der Waals surface area contributed by atoms with Crippen LogP contribution in [0.25, 0.3) is 0 Å². The van der Waals surface area contributed by atoms with Gasteiger partial charge in [-0.25, -0.2) is 4.79 Å². The highest BCUT2D eigenvalue weighted by Gasteiger charge is 2.54. The lowest BCUT2D eigenvalue weighted by Crippen LogP contribution is -2.56. The molecule has 1 atom stereocenters. The van der Waals surface area contributed by atoms with Crippen molar-refractivity contribution < 1.29 is 14.4 Å². The fourth-order valence-corrected chi connectivity index (χ4v) is 5.17. The van der Waals surface area contributed by atoms with Gasteiger partial charge in [0.25, 0.3) is 5.91 Å². The minimum absolute atomic E-state index is 0.0880. The van der Waals surface area contributed by atoms with E-state index in [2.05, 4.69) is 34.5 Å². The van der Waals surface area contributed by atoms with E-state index in [0.29, 0.717) is 25.8 Å². The third kappa shape index (κ3) is 4.61. The Morgan fingerprint density at radius 3 is 2.58 bits per heavy atom. The number of benzene rings is 1. The lowest BCUT2D eigenvalue weighted by Gasteiger charge is -2.39. The van der Waals surface area contributed by atoms with Crippen molar-refractivity contribution in [2.75, 3.05) is 32.7 Å². The molecule has 1 aromatic carbocycles. The van der Waals surface area contributed by atoms with Gasteiger partial charge in [0.05, 0.1) is 6.04 Å². The van der Waals surface area contributed by atoms with Crippen LogP contribution in [-0.2, 0) is 16.0 Å². The van der Waals surface area contributed by atoms with Crippen molar-refractivity contribution >= 4 is 17.8 Å². The van der Waals surface area contributed by atoms with Gasteiger partial charge < -0.3 is 15.1 Å². The van der Waals surface area contributed by atoms with Crippen LogP contribution < -0.4 is 5.32 Å². The van der Waals surface area contributed by atoms with Crippen LogP contribution in [0.1, 0.15) is 51.0 Å². The van der Waals surface area contributed by atoms with Crippen molar-refractivity contribution in [3.8, 4) is 0 Å². The van der Waals surface area contributed by atoms with Crippen molar-refractivity contribution in [2.45, 2.75) is 63.5 Å². The number of nitrogens with one attached hydrogen (secondary N) is 1. The highest BCUT2D eigenvalue weighted by Crippen LogP contribution is 2.32. The fraction of sp³-hybridized carbons (Fsp3) is 0.625. The molecule has 0 aromatic heterocycles. The minimum atomic E-state index is -0.768. The topological polar surface area (TPSA) is 73.0 Å². The second kappa shape index (κ2) is 9.39. The lowest BCUT2D eigenvalue weighted by molar-refractivity contribution is -0.139. The number of carbonyl (C=O) groups is 3. The number of piperidine rings is 2. The van der Waals surface area contributed by atoms with Crippen molar-refractivity contribution in [1.82, 2.24) is 20.0 Å². The monoisotopic (exact) mass is 426 g/mol. The number of imide groups is 1. The number of nitrogens with zero attached hydrogens (tertiary/aromatic N) is 3. The largest absolute Gasteiger partial charge is 0.341 e. The molecule has 1 spiro atoms. The maximum atomic E-state index is 13.4. The SMILES string of the molecule is CCCC(=O)N1CCC[C@H](N2C(=O)NC3(CCN(CCc4ccccc4)CC3)C2=O)C1. The number of urea groups is 1. The molecule has 0 bridgehead atoms. The summed E-state index contributed by atoms with van der Waals surface area (Å²) in [5, 5.41) is 3.04. The summed E-state index contributed by atoms with van der Waals surface area (Å²) in [6.07, 6.45) is 5.22. The number of amides is 4. The van der Waals surface area contributed by atoms with Crippen molar-refractivity contribution in [3.63, 3.8) is 0 Å². The van der Waals surface area contributed by atoms with Gasteiger partial charge in [-0.1, -0.05) is 37.3 Å². The summed E-state index contributed by atoms with van der Waals surface area (Å²) in [6, 6.07) is 9.94. The Morgan fingerprint density at radius 1 is 1.13 bits per heavy atom. The normalized spacial score (nSPS) is 24.0. The smallest absolute Gasteiger partial charge is 0.325 e. The molecule has 0 saturated carbocycles. The molecule has 7 nitrogen and oxygen atoms in total. The average molecular weight is 427 g/mol. The third-order valence-corrected chi connectivity index (χ3v) is 7.04. The maximum absolute atomic E-state index is 13.4. The Bertz CT molecular complexity index is 804. The van der Waals surface area contributed by atoms with E-state index in [4.69, 9.17) is 0 Å². The predicted molar refractivity (Wildman–Crippen MR) is 118 cm³/mol. The van der Waals surface area contributed by atoms with Gasteiger partial charge in [-0.15, -0.1) is 0 Å². The molecule has 3 heterocycles. The van der Waals surface area contributed by atoms with E-state index in [-0.39, 0.29) is 23.9 Å². The summed E-state index contributed by atoms with van der Waals surface area (Å²) in [7, 11) is 0. The molecular formula is C24H34N4O3. The number of hydrogen-bond donors (Lipinski definition) is 1. The zero-order valence-corrected chi connectivity index (χ0v) is 18.5. The van der Waals surface area contributed by atoms with E-state index in [9.17, 15) is 14.4 Å². The molecule has 3 fully saturated rings. The summed E-state index contributed by atoms with van der Waals surface area (Å²) in [6.45, 7) is 5.75. The van der Waals surface area contributed by atoms with Crippen LogP contribution in [-0.4, -0.2) is 76.8 Å². The zero-order chi connectivity index (χ0) is 21.8. The Labute approximate surface area is 184 Å². The van der Waals surface area contributed by atoms with Crippen LogP contribution in [0.2, 0.25) is 0 Å². The molecule has 3 aliphatic heterocycles. The van der Waals surface area contributed by atoms with Gasteiger partial charge in [0.2, 0.25) is 5.91 Å². The van der Waals surface area contributed by atoms with Gasteiger partial charge in [0.1, 0.15) is 5.54 Å². The van der Waals surface area contributed by atoms with Crippen LogP contribution in [0.4, 0.5) is 4.79 Å². The molecule has 0 unspecified atom stereocenters. The first-order chi connectivity index (χ1) is 15.0. The molecule has 168 valence electrons. The molecular weight excluding hydrogens is 392 g/mol. The molecule has 7 heteroatoms. The van der Waals surface area contributed by atoms with Crippen LogP contribution in [0.5, 0.6) is 0 Å². The van der Waals surface area contributed by atoms with Crippen molar-refractivity contribution in [3.05, 3.63) is 35.9 Å². The molecule has 1 aromatic rings. The van der Waals surface area contributed by atoms with E-state index in [0.717, 1.165) is 51.9 Å². The molecule has 4 amide bonds. The Morgan fingerprint density at radius 2 is 1.87 bits per heavy atom. The van der Waals surface area contributed by atoms with E-state index < -0.39 is 5.54 Å². The third-order valence-electron chi connectivity index (χ3n) is 7.04. The quantitative estimate of drug-likeness (QED) is 0.709. The van der Waals surface area contributed by atoms with E-state index in [1.807, 2.05) is 17.9 Å². The number of likely N-dealkylation sites (tertiary alicyclic amines) is 2. The fourth-order valence-electron chi connectivity index (χ4n) is 5.17. The molecule has 1 N–H and O–H groups in total. The number of hydrogen-bond acceptors (Lipinski definition) is 4. The van der Waals surface area contributed by atoms with Crippen LogP contribution in [0, 0.1) is 0 Å². The second-order valence-electron chi connectivity index (χ2n) is 9.15. The number of rotatable bonds is 6. The van der Waals surface area contributed by atoms with Gasteiger partial charge in [-0.2, -0.15) is 0 Å². The highest BCUT2D eigenvalue weighted by atomic mass is 16.2. The van der Waals surface area contributed by atoms with Crippen molar-refractivity contribution in [1.29, 1.82) is 0 Å². The summed E-state index contributed by atoms with van der Waals surface area (Å²) in [5.41, 5.74) is 0.550. The van der Waals surface area contributed by atoms with E-state index in [1.165, 1.54) is 10.5 Å². The Kier molecular flexibility index (Phi) is 6.60. The minimum Gasteiger partial charge on any atom is -0.341 e. The van der Waals surface area contributed by atoms with Crippen LogP contribution >= 0.6 is 0 Å². The molecule has 3 saturated heterocycles. The lowest BCUT2D eigenvalue weighted by atomic mass is 9.87. The van der Waals surface area contributed by atoms with Gasteiger partial charge >= 0.3 is 6.03 Å². The first kappa shape index (κ1) is 21.8. The molecule has 3 aliphatic rings. The molecule has 0 aliphatic carbocycles. The van der Waals surface area contributed by atoms with Gasteiger partial charge in [0, 0.05) is 39.1 Å². The van der Waals surface area contributed by atoms with Gasteiger partial charge in [-0.3, -0.25) is 14.5 Å². The number of carbonyl (C=O) groups excluding carboxylic acids is 3. The second-order valence-corrected chi connectivity index (χ2v) is 9.15. The van der Waals surface area contributed by atoms with Crippen LogP contribution in [0.15, 0.2) is 30.3 Å². The molecule has 31 heavy (non-hydrogen) atoms. The summed E-state index contributed by atoms with van der Waals surface area (Å²) in [5.74, 6) is 0.0377. The molecule has 4 rings (SSSR count). The van der Waals surface area contributed by atoms with E-state index in [1.54, 1.807) is 0 Å². The van der Waals surface area contributed by atoms with E-state index >= 15 is 0 Å². The first-order valence-corrected chi connectivity index (χ1v) is 11.7. The Hall–Kier alpha value is -2.41. The van der Waals surface area contributed by atoms with Crippen molar-refractivity contribution in [2.24, 2.45) is 0 Å². The predicted octanol–water partition coefficient (Wildman–Crippen LogP) is 2.41. The van der Waals surface area contributed by atoms with Gasteiger partial charge in [-0.05, 0) is 44.1 Å².